The molecule has 2 heterocycles. The number of aromatic nitrogens is 3. The van der Waals surface area contributed by atoms with E-state index in [-0.39, 0.29) is 52.4 Å². The van der Waals surface area contributed by atoms with E-state index < -0.39 is 23.8 Å². The number of alkyl halides is 3. The molecule has 11 heteroatoms. The van der Waals surface area contributed by atoms with E-state index in [1.54, 1.807) is 0 Å². The lowest BCUT2D eigenvalue weighted by atomic mass is 9.96. The third-order valence-electron chi connectivity index (χ3n) is 5.29. The monoisotopic (exact) mass is 473 g/mol. The van der Waals surface area contributed by atoms with Crippen LogP contribution >= 0.6 is 11.6 Å². The summed E-state index contributed by atoms with van der Waals surface area (Å²) in [5.74, 6) is -0.925. The molecule has 0 saturated heterocycles. The topological polar surface area (TPSA) is 73.3 Å². The van der Waals surface area contributed by atoms with Gasteiger partial charge >= 0.3 is 6.18 Å². The van der Waals surface area contributed by atoms with Gasteiger partial charge in [0.1, 0.15) is 11.5 Å². The fourth-order valence-electron chi connectivity index (χ4n) is 3.55. The zero-order chi connectivity index (χ0) is 23.0. The van der Waals surface area contributed by atoms with Crippen LogP contribution < -0.4 is 0 Å². The predicted octanol–water partition coefficient (Wildman–Crippen LogP) is 5.47. The number of benzene rings is 1. The summed E-state index contributed by atoms with van der Waals surface area (Å²) in [5.41, 5.74) is -1.45. The van der Waals surface area contributed by atoms with Crippen molar-refractivity contribution in [2.75, 3.05) is 0 Å². The molecule has 1 aliphatic rings. The third-order valence-corrected chi connectivity index (χ3v) is 5.61. The Kier molecular flexibility index (Phi) is 6.28. The molecule has 1 fully saturated rings. The van der Waals surface area contributed by atoms with Crippen molar-refractivity contribution >= 4 is 11.6 Å². The van der Waals surface area contributed by atoms with Crippen molar-refractivity contribution < 1.29 is 31.9 Å². The second-order valence-corrected chi connectivity index (χ2v) is 8.14. The lowest BCUT2D eigenvalue weighted by molar-refractivity contribution is -0.144. The molecule has 1 unspecified atom stereocenters. The van der Waals surface area contributed by atoms with Crippen molar-refractivity contribution in [3.05, 3.63) is 46.5 Å². The van der Waals surface area contributed by atoms with Crippen LogP contribution in [0.2, 0.25) is 5.02 Å². The van der Waals surface area contributed by atoms with Crippen molar-refractivity contribution in [3.8, 4) is 22.6 Å². The van der Waals surface area contributed by atoms with Crippen LogP contribution in [0.1, 0.15) is 37.4 Å². The summed E-state index contributed by atoms with van der Waals surface area (Å²) in [5, 5.41) is 17.3. The van der Waals surface area contributed by atoms with Gasteiger partial charge in [0, 0.05) is 0 Å². The molecule has 0 amide bonds. The van der Waals surface area contributed by atoms with Gasteiger partial charge in [-0.05, 0) is 38.3 Å². The predicted molar refractivity (Wildman–Crippen MR) is 107 cm³/mol. The van der Waals surface area contributed by atoms with E-state index in [1.807, 2.05) is 0 Å². The highest BCUT2D eigenvalue weighted by atomic mass is 35.5. The molecule has 2 aromatic heterocycles. The SMILES string of the molecule is CC(O)Cn1ncc(-c2onc(-c3c(F)cccc3Cl)c2COC2CCC2)c1C(F)(F)F. The van der Waals surface area contributed by atoms with Crippen molar-refractivity contribution in [3.63, 3.8) is 0 Å². The zero-order valence-corrected chi connectivity index (χ0v) is 17.8. The molecule has 1 N–H and O–H groups in total. The molecule has 4 rings (SSSR count). The normalized spacial score (nSPS) is 15.7. The molecular weight excluding hydrogens is 454 g/mol. The molecule has 0 aliphatic heterocycles. The average molecular weight is 474 g/mol. The van der Waals surface area contributed by atoms with E-state index in [0.717, 1.165) is 25.5 Å². The first-order valence-corrected chi connectivity index (χ1v) is 10.4. The highest BCUT2D eigenvalue weighted by Crippen LogP contribution is 2.42. The number of rotatable bonds is 7. The standard InChI is InChI=1S/C21H20ClF4N3O3/c1-11(30)9-29-20(21(24,25)26)13(8-27-29)19-14(10-31-12-4-2-5-12)18(28-32-19)17-15(22)6-3-7-16(17)23/h3,6-8,11-12,30H,2,4-5,9-10H2,1H3. The zero-order valence-electron chi connectivity index (χ0n) is 17.0. The highest BCUT2D eigenvalue weighted by Gasteiger charge is 2.41. The van der Waals surface area contributed by atoms with E-state index in [1.165, 1.54) is 25.1 Å². The summed E-state index contributed by atoms with van der Waals surface area (Å²) in [6.07, 6.45) is -2.25. The van der Waals surface area contributed by atoms with Crippen molar-refractivity contribution in [2.24, 2.45) is 0 Å². The summed E-state index contributed by atoms with van der Waals surface area (Å²) in [6, 6.07) is 4.04. The third kappa shape index (κ3) is 4.39. The van der Waals surface area contributed by atoms with Gasteiger partial charge in [0.2, 0.25) is 0 Å². The number of ether oxygens (including phenoxy) is 1. The minimum atomic E-state index is -4.80. The average Bonchev–Trinajstić information content (AvgIpc) is 3.24. The van der Waals surface area contributed by atoms with E-state index in [0.29, 0.717) is 4.68 Å². The summed E-state index contributed by atoms with van der Waals surface area (Å²) in [7, 11) is 0. The minimum Gasteiger partial charge on any atom is -0.391 e. The van der Waals surface area contributed by atoms with Gasteiger partial charge in [-0.1, -0.05) is 22.8 Å². The Hall–Kier alpha value is -2.43. The van der Waals surface area contributed by atoms with Crippen LogP contribution in [0.4, 0.5) is 17.6 Å². The van der Waals surface area contributed by atoms with Crippen LogP contribution in [0.25, 0.3) is 22.6 Å². The molecule has 1 aromatic carbocycles. The molecule has 172 valence electrons. The quantitative estimate of drug-likeness (QED) is 0.461. The Morgan fingerprint density at radius 2 is 2.09 bits per heavy atom. The van der Waals surface area contributed by atoms with Gasteiger partial charge in [0.25, 0.3) is 0 Å². The lowest BCUT2D eigenvalue weighted by Crippen LogP contribution is -2.22. The van der Waals surface area contributed by atoms with Crippen molar-refractivity contribution in [2.45, 2.75) is 57.7 Å². The van der Waals surface area contributed by atoms with Gasteiger partial charge in [0.15, 0.2) is 11.5 Å². The Bertz CT molecular complexity index is 1090. The number of aliphatic hydroxyl groups is 1. The summed E-state index contributed by atoms with van der Waals surface area (Å²) < 4.78 is 68.2. The maximum absolute atomic E-state index is 14.6. The van der Waals surface area contributed by atoms with E-state index in [2.05, 4.69) is 10.3 Å². The Morgan fingerprint density at radius 3 is 2.69 bits per heavy atom. The molecule has 1 aliphatic carbocycles. The molecule has 0 spiro atoms. The van der Waals surface area contributed by atoms with Gasteiger partial charge in [-0.2, -0.15) is 18.3 Å². The van der Waals surface area contributed by atoms with Crippen LogP contribution in [-0.4, -0.2) is 32.3 Å². The van der Waals surface area contributed by atoms with Crippen molar-refractivity contribution in [1.29, 1.82) is 0 Å². The lowest BCUT2D eigenvalue weighted by Gasteiger charge is -2.25. The fraction of sp³-hybridized carbons (Fsp3) is 0.429. The van der Waals surface area contributed by atoms with Crippen LogP contribution in [0.3, 0.4) is 0 Å². The summed E-state index contributed by atoms with van der Waals surface area (Å²) >= 11 is 6.17. The van der Waals surface area contributed by atoms with E-state index >= 15 is 0 Å². The van der Waals surface area contributed by atoms with Gasteiger partial charge in [-0.25, -0.2) is 4.39 Å². The molecule has 1 atom stereocenters. The summed E-state index contributed by atoms with van der Waals surface area (Å²) in [4.78, 5) is 0. The number of aliphatic hydroxyl groups excluding tert-OH is 1. The fourth-order valence-corrected chi connectivity index (χ4v) is 3.81. The summed E-state index contributed by atoms with van der Waals surface area (Å²) in [6.45, 7) is 0.845. The number of hydrogen-bond acceptors (Lipinski definition) is 5. The Balaban J connectivity index is 1.86. The highest BCUT2D eigenvalue weighted by molar-refractivity contribution is 6.33. The molecule has 0 bridgehead atoms. The van der Waals surface area contributed by atoms with Crippen LogP contribution in [0, 0.1) is 5.82 Å². The van der Waals surface area contributed by atoms with Crippen molar-refractivity contribution in [1.82, 2.24) is 14.9 Å². The van der Waals surface area contributed by atoms with E-state index in [9.17, 15) is 22.7 Å². The number of hydrogen-bond donors (Lipinski definition) is 1. The largest absolute Gasteiger partial charge is 0.433 e. The van der Waals surface area contributed by atoms with Gasteiger partial charge in [-0.3, -0.25) is 4.68 Å². The molecule has 0 radical (unpaired) electrons. The van der Waals surface area contributed by atoms with Crippen LogP contribution in [0.5, 0.6) is 0 Å². The van der Waals surface area contributed by atoms with E-state index in [4.69, 9.17) is 20.9 Å². The second kappa shape index (κ2) is 8.84. The van der Waals surface area contributed by atoms with Crippen LogP contribution in [-0.2, 0) is 24.1 Å². The van der Waals surface area contributed by atoms with Gasteiger partial charge in [0.05, 0.1) is 53.3 Å². The smallest absolute Gasteiger partial charge is 0.391 e. The first kappa shape index (κ1) is 22.8. The maximum Gasteiger partial charge on any atom is 0.433 e. The Labute approximate surface area is 185 Å². The molecule has 32 heavy (non-hydrogen) atoms. The first-order valence-electron chi connectivity index (χ1n) is 10.0. The first-order chi connectivity index (χ1) is 15.2. The van der Waals surface area contributed by atoms with Gasteiger partial charge < -0.3 is 14.4 Å². The second-order valence-electron chi connectivity index (χ2n) is 7.74. The number of halogens is 5. The van der Waals surface area contributed by atoms with Crippen LogP contribution in [0.15, 0.2) is 28.9 Å². The molecule has 3 aromatic rings. The molecule has 6 nitrogen and oxygen atoms in total. The maximum atomic E-state index is 14.6. The minimum absolute atomic E-state index is 0.0289. The van der Waals surface area contributed by atoms with Gasteiger partial charge in [-0.15, -0.1) is 0 Å². The molecular formula is C21H20ClF4N3O3. The molecule has 1 saturated carbocycles. The Morgan fingerprint density at radius 1 is 1.34 bits per heavy atom. The number of nitrogens with zero attached hydrogens (tertiary/aromatic N) is 3.